The van der Waals surface area contributed by atoms with Crippen molar-refractivity contribution in [3.05, 3.63) is 131 Å². The number of rotatable bonds is 9. The summed E-state index contributed by atoms with van der Waals surface area (Å²) in [6, 6.07) is 33.4. The first kappa shape index (κ1) is 25.0. The van der Waals surface area contributed by atoms with Gasteiger partial charge in [0, 0.05) is 24.3 Å². The molecule has 0 bridgehead atoms. The van der Waals surface area contributed by atoms with Crippen molar-refractivity contribution in [2.24, 2.45) is 0 Å². The highest BCUT2D eigenvalue weighted by molar-refractivity contribution is 6.37. The maximum atomic E-state index is 13.2. The van der Waals surface area contributed by atoms with Crippen LogP contribution < -0.4 is 16.0 Å². The molecule has 0 unspecified atom stereocenters. The third kappa shape index (κ3) is 5.66. The molecule has 0 aliphatic carbocycles. The molecule has 0 saturated carbocycles. The van der Waals surface area contributed by atoms with Crippen molar-refractivity contribution < 1.29 is 14.3 Å². The molecule has 38 heavy (non-hydrogen) atoms. The summed E-state index contributed by atoms with van der Waals surface area (Å²) < 4.78 is 5.11. The molecule has 1 aliphatic rings. The van der Waals surface area contributed by atoms with Gasteiger partial charge in [-0.2, -0.15) is 0 Å². The molecular weight excluding hydrogens is 474 g/mol. The van der Waals surface area contributed by atoms with Crippen molar-refractivity contribution in [3.8, 4) is 0 Å². The lowest BCUT2D eigenvalue weighted by Gasteiger charge is -2.15. The summed E-state index contributed by atoms with van der Waals surface area (Å²) in [6.07, 6.45) is 0. The Balaban J connectivity index is 1.40. The van der Waals surface area contributed by atoms with Gasteiger partial charge in [0.1, 0.15) is 0 Å². The Morgan fingerprint density at radius 2 is 1.45 bits per heavy atom. The predicted molar refractivity (Wildman–Crippen MR) is 151 cm³/mol. The fourth-order valence-corrected chi connectivity index (χ4v) is 4.44. The minimum atomic E-state index is -0.415. The molecule has 6 nitrogen and oxygen atoms in total. The van der Waals surface area contributed by atoms with E-state index in [2.05, 4.69) is 40.2 Å². The molecule has 0 spiro atoms. The zero-order valence-corrected chi connectivity index (χ0v) is 21.2. The van der Waals surface area contributed by atoms with Crippen LogP contribution in [0.25, 0.3) is 11.3 Å². The fourth-order valence-electron chi connectivity index (χ4n) is 4.44. The molecule has 4 aromatic carbocycles. The number of carbonyl (C=O) groups excluding carboxylic acids is 2. The van der Waals surface area contributed by atoms with Crippen LogP contribution in [0.4, 0.5) is 11.4 Å². The van der Waals surface area contributed by atoms with E-state index in [1.165, 1.54) is 5.56 Å². The molecule has 1 heterocycles. The largest absolute Gasteiger partial charge is 0.462 e. The van der Waals surface area contributed by atoms with Gasteiger partial charge in [0.2, 0.25) is 0 Å². The number of ether oxygens (including phenoxy) is 1. The molecule has 1 aliphatic heterocycles. The van der Waals surface area contributed by atoms with Crippen LogP contribution in [0.3, 0.4) is 0 Å². The molecule has 1 amide bonds. The number of nitrogens with one attached hydrogen (secondary N) is 3. The monoisotopic (exact) mass is 503 g/mol. The Morgan fingerprint density at radius 3 is 2.13 bits per heavy atom. The summed E-state index contributed by atoms with van der Waals surface area (Å²) in [5.41, 5.74) is 7.10. The molecule has 0 saturated heterocycles. The zero-order chi connectivity index (χ0) is 26.3. The van der Waals surface area contributed by atoms with E-state index in [1.54, 1.807) is 25.1 Å². The molecule has 0 atom stereocenters. The summed E-state index contributed by atoms with van der Waals surface area (Å²) in [6.45, 7) is 3.61. The third-order valence-corrected chi connectivity index (χ3v) is 6.31. The number of hydrogen-bond donors (Lipinski definition) is 3. The van der Waals surface area contributed by atoms with Gasteiger partial charge in [-0.15, -0.1) is 0 Å². The van der Waals surface area contributed by atoms with E-state index in [0.29, 0.717) is 22.5 Å². The van der Waals surface area contributed by atoms with Gasteiger partial charge in [0.25, 0.3) is 5.91 Å². The van der Waals surface area contributed by atoms with Crippen LogP contribution in [0.15, 0.2) is 103 Å². The average molecular weight is 504 g/mol. The highest BCUT2D eigenvalue weighted by Crippen LogP contribution is 2.38. The summed E-state index contributed by atoms with van der Waals surface area (Å²) in [4.78, 5) is 25.4. The van der Waals surface area contributed by atoms with Crippen molar-refractivity contribution in [3.63, 3.8) is 0 Å². The van der Waals surface area contributed by atoms with E-state index in [0.717, 1.165) is 35.5 Å². The molecule has 3 N–H and O–H groups in total. The number of esters is 1. The number of anilines is 2. The first-order chi connectivity index (χ1) is 18.6. The quantitative estimate of drug-likeness (QED) is 0.190. The molecular formula is C32H29N3O3. The summed E-state index contributed by atoms with van der Waals surface area (Å²) in [7, 11) is 0. The van der Waals surface area contributed by atoms with Crippen LogP contribution in [0.5, 0.6) is 0 Å². The van der Waals surface area contributed by atoms with E-state index in [-0.39, 0.29) is 12.5 Å². The zero-order valence-electron chi connectivity index (χ0n) is 21.2. The standard InChI is InChI=1S/C32H29N3O3/c1-2-38-32(37)25-15-18-27-28(19-25)35-31(36)29(27)30(24-11-7-4-8-12-24)34-26-16-13-23(14-17-26)21-33-20-22-9-5-3-6-10-22/h3-19,33-34H,2,20-21H2,1H3,(H,35,36)/b30-29-. The maximum Gasteiger partial charge on any atom is 0.338 e. The van der Waals surface area contributed by atoms with E-state index in [4.69, 9.17) is 4.74 Å². The number of benzene rings is 4. The summed E-state index contributed by atoms with van der Waals surface area (Å²) >= 11 is 0. The van der Waals surface area contributed by atoms with Gasteiger partial charge in [0.05, 0.1) is 29.1 Å². The van der Waals surface area contributed by atoms with Crippen molar-refractivity contribution >= 4 is 34.5 Å². The highest BCUT2D eigenvalue weighted by atomic mass is 16.5. The van der Waals surface area contributed by atoms with Crippen LogP contribution in [-0.2, 0) is 22.6 Å². The lowest BCUT2D eigenvalue weighted by molar-refractivity contribution is -0.110. The predicted octanol–water partition coefficient (Wildman–Crippen LogP) is 6.09. The number of fused-ring (bicyclic) bond motifs is 1. The highest BCUT2D eigenvalue weighted by Gasteiger charge is 2.29. The molecule has 4 aromatic rings. The molecule has 0 aromatic heterocycles. The van der Waals surface area contributed by atoms with Crippen LogP contribution in [0, 0.1) is 0 Å². The van der Waals surface area contributed by atoms with Gasteiger partial charge in [-0.3, -0.25) is 4.79 Å². The normalized spacial score (nSPS) is 13.4. The summed E-state index contributed by atoms with van der Waals surface area (Å²) in [5.74, 6) is -0.643. The second kappa shape index (κ2) is 11.6. The molecule has 5 rings (SSSR count). The smallest absolute Gasteiger partial charge is 0.338 e. The third-order valence-electron chi connectivity index (χ3n) is 6.31. The van der Waals surface area contributed by atoms with Gasteiger partial charge >= 0.3 is 5.97 Å². The number of amides is 1. The van der Waals surface area contributed by atoms with Crippen LogP contribution in [-0.4, -0.2) is 18.5 Å². The van der Waals surface area contributed by atoms with E-state index in [9.17, 15) is 9.59 Å². The second-order valence-corrected chi connectivity index (χ2v) is 8.96. The van der Waals surface area contributed by atoms with E-state index < -0.39 is 5.97 Å². The molecule has 0 fully saturated rings. The van der Waals surface area contributed by atoms with Crippen LogP contribution >= 0.6 is 0 Å². The fraction of sp³-hybridized carbons (Fsp3) is 0.125. The topological polar surface area (TPSA) is 79.5 Å². The van der Waals surface area contributed by atoms with Crippen LogP contribution in [0.1, 0.15) is 39.5 Å². The minimum absolute atomic E-state index is 0.228. The Hall–Kier alpha value is -4.68. The minimum Gasteiger partial charge on any atom is -0.462 e. The SMILES string of the molecule is CCOC(=O)c1ccc2c(c1)NC(=O)/C2=C(\Nc1ccc(CNCc2ccccc2)cc1)c1ccccc1. The lowest BCUT2D eigenvalue weighted by atomic mass is 9.99. The van der Waals surface area contributed by atoms with Gasteiger partial charge in [-0.25, -0.2) is 4.79 Å². The Kier molecular flexibility index (Phi) is 7.62. The van der Waals surface area contributed by atoms with E-state index in [1.807, 2.05) is 60.7 Å². The lowest BCUT2D eigenvalue weighted by Crippen LogP contribution is -2.12. The molecule has 6 heteroatoms. The maximum absolute atomic E-state index is 13.2. The van der Waals surface area contributed by atoms with Crippen molar-refractivity contribution in [2.75, 3.05) is 17.2 Å². The first-order valence-electron chi connectivity index (χ1n) is 12.7. The van der Waals surface area contributed by atoms with Crippen molar-refractivity contribution in [1.82, 2.24) is 5.32 Å². The second-order valence-electron chi connectivity index (χ2n) is 8.96. The molecule has 0 radical (unpaired) electrons. The van der Waals surface area contributed by atoms with Crippen molar-refractivity contribution in [1.29, 1.82) is 0 Å². The molecule has 190 valence electrons. The Bertz CT molecular complexity index is 1460. The number of carbonyl (C=O) groups is 2. The van der Waals surface area contributed by atoms with Crippen LogP contribution in [0.2, 0.25) is 0 Å². The van der Waals surface area contributed by atoms with E-state index >= 15 is 0 Å². The van der Waals surface area contributed by atoms with Crippen molar-refractivity contribution in [2.45, 2.75) is 20.0 Å². The van der Waals surface area contributed by atoms with Gasteiger partial charge < -0.3 is 20.7 Å². The Morgan fingerprint density at radius 1 is 0.789 bits per heavy atom. The summed E-state index contributed by atoms with van der Waals surface area (Å²) in [5, 5.41) is 9.87. The average Bonchev–Trinajstić information content (AvgIpc) is 3.28. The first-order valence-corrected chi connectivity index (χ1v) is 12.7. The van der Waals surface area contributed by atoms with Gasteiger partial charge in [-0.05, 0) is 47.9 Å². The van der Waals surface area contributed by atoms with Gasteiger partial charge in [0.15, 0.2) is 0 Å². The Labute approximate surface area is 222 Å². The number of hydrogen-bond acceptors (Lipinski definition) is 5. The van der Waals surface area contributed by atoms with Gasteiger partial charge in [-0.1, -0.05) is 78.9 Å².